The molecular formula is C13H14F3N3. The number of hydrogen-bond donors (Lipinski definition) is 0. The third-order valence-corrected chi connectivity index (χ3v) is 2.75. The molecule has 1 aromatic heterocycles. The summed E-state index contributed by atoms with van der Waals surface area (Å²) in [4.78, 5) is 1.80. The van der Waals surface area contributed by atoms with Crippen LogP contribution in [0.5, 0.6) is 0 Å². The van der Waals surface area contributed by atoms with E-state index in [-0.39, 0.29) is 0 Å². The first kappa shape index (κ1) is 13.5. The van der Waals surface area contributed by atoms with Gasteiger partial charge >= 0.3 is 6.18 Å². The Hall–Kier alpha value is -1.98. The number of anilines is 1. The lowest BCUT2D eigenvalue weighted by Gasteiger charge is -2.10. The maximum Gasteiger partial charge on any atom is 0.416 e. The molecule has 3 nitrogen and oxygen atoms in total. The van der Waals surface area contributed by atoms with Crippen molar-refractivity contribution in [1.82, 2.24) is 9.78 Å². The van der Waals surface area contributed by atoms with Gasteiger partial charge in [0.15, 0.2) is 5.82 Å². The molecule has 1 aromatic carbocycles. The van der Waals surface area contributed by atoms with Crippen molar-refractivity contribution in [3.05, 3.63) is 41.6 Å². The van der Waals surface area contributed by atoms with E-state index in [0.29, 0.717) is 11.5 Å². The summed E-state index contributed by atoms with van der Waals surface area (Å²) in [5, 5.41) is 4.28. The summed E-state index contributed by atoms with van der Waals surface area (Å²) in [6.07, 6.45) is -4.35. The quantitative estimate of drug-likeness (QED) is 0.834. The van der Waals surface area contributed by atoms with Gasteiger partial charge in [0.05, 0.1) is 11.3 Å². The number of alkyl halides is 3. The van der Waals surface area contributed by atoms with Gasteiger partial charge < -0.3 is 4.90 Å². The molecule has 2 aromatic rings. The predicted octanol–water partition coefficient (Wildman–Crippen LogP) is 3.27. The van der Waals surface area contributed by atoms with Crippen molar-refractivity contribution in [3.63, 3.8) is 0 Å². The van der Waals surface area contributed by atoms with Crippen LogP contribution in [-0.4, -0.2) is 23.9 Å². The lowest BCUT2D eigenvalue weighted by molar-refractivity contribution is -0.137. The van der Waals surface area contributed by atoms with Crippen molar-refractivity contribution < 1.29 is 13.2 Å². The first-order valence-electron chi connectivity index (χ1n) is 5.70. The van der Waals surface area contributed by atoms with Crippen LogP contribution in [0.1, 0.15) is 11.3 Å². The number of halogens is 3. The van der Waals surface area contributed by atoms with Crippen molar-refractivity contribution in [2.75, 3.05) is 19.0 Å². The van der Waals surface area contributed by atoms with Gasteiger partial charge in [-0.3, -0.25) is 0 Å². The van der Waals surface area contributed by atoms with E-state index in [4.69, 9.17) is 0 Å². The zero-order valence-electron chi connectivity index (χ0n) is 10.9. The van der Waals surface area contributed by atoms with Gasteiger partial charge in [-0.2, -0.15) is 18.3 Å². The SMILES string of the molecule is Cc1cc(N(C)C)nn1-c1cccc(C(F)(F)F)c1. The summed E-state index contributed by atoms with van der Waals surface area (Å²) in [7, 11) is 3.66. The molecule has 0 radical (unpaired) electrons. The molecule has 0 saturated carbocycles. The highest BCUT2D eigenvalue weighted by Crippen LogP contribution is 2.30. The number of benzene rings is 1. The molecule has 102 valence electrons. The number of nitrogens with zero attached hydrogens (tertiary/aromatic N) is 3. The van der Waals surface area contributed by atoms with Crippen LogP contribution in [0.25, 0.3) is 5.69 Å². The fourth-order valence-corrected chi connectivity index (χ4v) is 1.75. The Morgan fingerprint density at radius 3 is 2.37 bits per heavy atom. The van der Waals surface area contributed by atoms with Gasteiger partial charge in [0.25, 0.3) is 0 Å². The second-order valence-electron chi connectivity index (χ2n) is 4.50. The maximum atomic E-state index is 12.7. The van der Waals surface area contributed by atoms with E-state index < -0.39 is 11.7 Å². The summed E-state index contributed by atoms with van der Waals surface area (Å²) in [6, 6.07) is 6.96. The molecule has 0 N–H and O–H groups in total. The average molecular weight is 269 g/mol. The van der Waals surface area contributed by atoms with Crippen LogP contribution < -0.4 is 4.90 Å². The molecule has 0 fully saturated rings. The number of aromatic nitrogens is 2. The van der Waals surface area contributed by atoms with Crippen molar-refractivity contribution in [2.45, 2.75) is 13.1 Å². The van der Waals surface area contributed by atoms with Crippen molar-refractivity contribution >= 4 is 5.82 Å². The smallest absolute Gasteiger partial charge is 0.361 e. The van der Waals surface area contributed by atoms with Crippen molar-refractivity contribution in [3.8, 4) is 5.69 Å². The Labute approximate surface area is 109 Å². The minimum Gasteiger partial charge on any atom is -0.361 e. The Morgan fingerprint density at radius 2 is 1.84 bits per heavy atom. The van der Waals surface area contributed by atoms with Gasteiger partial charge in [-0.05, 0) is 25.1 Å². The van der Waals surface area contributed by atoms with Crippen LogP contribution in [0.4, 0.5) is 19.0 Å². The third kappa shape index (κ3) is 2.72. The highest BCUT2D eigenvalue weighted by Gasteiger charge is 2.30. The fourth-order valence-electron chi connectivity index (χ4n) is 1.75. The summed E-state index contributed by atoms with van der Waals surface area (Å²) in [5.41, 5.74) is 0.509. The van der Waals surface area contributed by atoms with Crippen LogP contribution in [0, 0.1) is 6.92 Å². The molecule has 0 aliphatic heterocycles. The van der Waals surface area contributed by atoms with Crippen LogP contribution >= 0.6 is 0 Å². The molecule has 2 rings (SSSR count). The number of rotatable bonds is 2. The van der Waals surface area contributed by atoms with Gasteiger partial charge in [0.2, 0.25) is 0 Å². The van der Waals surface area contributed by atoms with Crippen LogP contribution in [0.15, 0.2) is 30.3 Å². The molecule has 0 aliphatic rings. The Bertz CT molecular complexity index is 585. The Kier molecular flexibility index (Phi) is 3.26. The van der Waals surface area contributed by atoms with Gasteiger partial charge in [0, 0.05) is 25.9 Å². The van der Waals surface area contributed by atoms with E-state index in [9.17, 15) is 13.2 Å². The number of hydrogen-bond acceptors (Lipinski definition) is 2. The highest BCUT2D eigenvalue weighted by atomic mass is 19.4. The Morgan fingerprint density at radius 1 is 1.16 bits per heavy atom. The van der Waals surface area contributed by atoms with Gasteiger partial charge in [0.1, 0.15) is 0 Å². The minimum absolute atomic E-state index is 0.403. The van der Waals surface area contributed by atoms with Gasteiger partial charge in [-0.25, -0.2) is 4.68 Å². The van der Waals surface area contributed by atoms with Crippen LogP contribution in [-0.2, 0) is 6.18 Å². The molecule has 0 bridgehead atoms. The molecule has 0 aliphatic carbocycles. The fraction of sp³-hybridized carbons (Fsp3) is 0.308. The molecular weight excluding hydrogens is 255 g/mol. The monoisotopic (exact) mass is 269 g/mol. The van der Waals surface area contributed by atoms with E-state index >= 15 is 0 Å². The van der Waals surface area contributed by atoms with E-state index in [2.05, 4.69) is 5.10 Å². The molecule has 0 saturated heterocycles. The summed E-state index contributed by atoms with van der Waals surface area (Å²) in [5.74, 6) is 0.704. The lowest BCUT2D eigenvalue weighted by Crippen LogP contribution is -2.10. The van der Waals surface area contributed by atoms with E-state index in [1.54, 1.807) is 17.9 Å². The summed E-state index contributed by atoms with van der Waals surface area (Å²) in [6.45, 7) is 1.81. The molecule has 0 unspecified atom stereocenters. The molecule has 1 heterocycles. The standard InChI is InChI=1S/C13H14F3N3/c1-9-7-12(18(2)3)17-19(9)11-6-4-5-10(8-11)13(14,15)16/h4-8H,1-3H3. The summed E-state index contributed by atoms with van der Waals surface area (Å²) >= 11 is 0. The minimum atomic E-state index is -4.35. The molecule has 0 atom stereocenters. The van der Waals surface area contributed by atoms with E-state index in [1.807, 2.05) is 20.2 Å². The molecule has 6 heteroatoms. The maximum absolute atomic E-state index is 12.7. The van der Waals surface area contributed by atoms with E-state index in [0.717, 1.165) is 17.8 Å². The Balaban J connectivity index is 2.48. The topological polar surface area (TPSA) is 21.1 Å². The van der Waals surface area contributed by atoms with E-state index in [1.165, 1.54) is 10.7 Å². The van der Waals surface area contributed by atoms with Crippen LogP contribution in [0.2, 0.25) is 0 Å². The average Bonchev–Trinajstić information content (AvgIpc) is 2.71. The third-order valence-electron chi connectivity index (χ3n) is 2.75. The zero-order valence-corrected chi connectivity index (χ0v) is 10.9. The highest BCUT2D eigenvalue weighted by molar-refractivity contribution is 5.44. The van der Waals surface area contributed by atoms with Crippen molar-refractivity contribution in [2.24, 2.45) is 0 Å². The zero-order chi connectivity index (χ0) is 14.2. The first-order chi connectivity index (χ1) is 8.79. The predicted molar refractivity (Wildman–Crippen MR) is 67.6 cm³/mol. The second kappa shape index (κ2) is 4.60. The normalized spacial score (nSPS) is 11.7. The largest absolute Gasteiger partial charge is 0.416 e. The molecule has 19 heavy (non-hydrogen) atoms. The number of aryl methyl sites for hydroxylation is 1. The summed E-state index contributed by atoms with van der Waals surface area (Å²) < 4.78 is 39.5. The van der Waals surface area contributed by atoms with Crippen LogP contribution in [0.3, 0.4) is 0 Å². The first-order valence-corrected chi connectivity index (χ1v) is 5.70. The van der Waals surface area contributed by atoms with Crippen molar-refractivity contribution in [1.29, 1.82) is 0 Å². The van der Waals surface area contributed by atoms with Gasteiger partial charge in [-0.1, -0.05) is 6.07 Å². The second-order valence-corrected chi connectivity index (χ2v) is 4.50. The lowest BCUT2D eigenvalue weighted by atomic mass is 10.2. The molecule has 0 spiro atoms. The van der Waals surface area contributed by atoms with Gasteiger partial charge in [-0.15, -0.1) is 0 Å². The molecule has 0 amide bonds.